The fraction of sp³-hybridized carbons (Fsp3) is 0.235. The predicted octanol–water partition coefficient (Wildman–Crippen LogP) is 3.28. The molecule has 0 aliphatic rings. The lowest BCUT2D eigenvalue weighted by Crippen LogP contribution is -2.13. The van der Waals surface area contributed by atoms with Crippen LogP contribution in [-0.4, -0.2) is 13.0 Å². The number of nitrogens with one attached hydrogen (secondary N) is 2. The number of rotatable bonds is 4. The average Bonchev–Trinajstić information content (AvgIpc) is 2.41. The number of hydrogen-bond donors (Lipinski definition) is 2. The number of amides is 1. The van der Waals surface area contributed by atoms with Crippen LogP contribution in [0.25, 0.3) is 0 Å². The Morgan fingerprint density at radius 3 is 2.35 bits per heavy atom. The highest BCUT2D eigenvalue weighted by atomic mass is 16.1. The van der Waals surface area contributed by atoms with Gasteiger partial charge >= 0.3 is 0 Å². The summed E-state index contributed by atoms with van der Waals surface area (Å²) in [5, 5.41) is 6.02. The molecule has 0 fully saturated rings. The number of anilines is 1. The van der Waals surface area contributed by atoms with Crippen molar-refractivity contribution >= 4 is 11.6 Å². The largest absolute Gasteiger partial charge is 0.322 e. The van der Waals surface area contributed by atoms with Gasteiger partial charge in [-0.2, -0.15) is 0 Å². The molecule has 0 aliphatic heterocycles. The molecule has 0 aromatic heterocycles. The van der Waals surface area contributed by atoms with Crippen LogP contribution < -0.4 is 10.6 Å². The number of carbonyl (C=O) groups is 1. The molecular weight excluding hydrogens is 248 g/mol. The van der Waals surface area contributed by atoms with E-state index in [9.17, 15) is 4.79 Å². The fourth-order valence-electron chi connectivity index (χ4n) is 2.18. The number of hydrogen-bond acceptors (Lipinski definition) is 2. The molecule has 2 aromatic rings. The Kier molecular flexibility index (Phi) is 4.53. The Labute approximate surface area is 120 Å². The molecule has 20 heavy (non-hydrogen) atoms. The normalized spacial score (nSPS) is 10.3. The Morgan fingerprint density at radius 1 is 1.05 bits per heavy atom. The minimum Gasteiger partial charge on any atom is -0.322 e. The lowest BCUT2D eigenvalue weighted by atomic mass is 10.1. The molecule has 0 saturated heterocycles. The van der Waals surface area contributed by atoms with Crippen LogP contribution >= 0.6 is 0 Å². The van der Waals surface area contributed by atoms with Crippen LogP contribution in [0.1, 0.15) is 27.0 Å². The van der Waals surface area contributed by atoms with E-state index in [2.05, 4.69) is 10.6 Å². The molecule has 0 radical (unpaired) electrons. The predicted molar refractivity (Wildman–Crippen MR) is 83.1 cm³/mol. The van der Waals surface area contributed by atoms with Gasteiger partial charge in [0.15, 0.2) is 0 Å². The van der Waals surface area contributed by atoms with E-state index >= 15 is 0 Å². The SMILES string of the molecule is CNCc1ccc(NC(=O)c2ccc(C)cc2C)cc1. The van der Waals surface area contributed by atoms with Gasteiger partial charge in [0.05, 0.1) is 0 Å². The molecule has 1 amide bonds. The van der Waals surface area contributed by atoms with Crippen LogP contribution in [0.15, 0.2) is 42.5 Å². The molecule has 104 valence electrons. The first-order chi connectivity index (χ1) is 9.60. The molecule has 0 heterocycles. The minimum atomic E-state index is -0.0659. The van der Waals surface area contributed by atoms with Crippen molar-refractivity contribution in [3.63, 3.8) is 0 Å². The van der Waals surface area contributed by atoms with Crippen molar-refractivity contribution in [1.82, 2.24) is 5.32 Å². The van der Waals surface area contributed by atoms with Crippen LogP contribution in [0.4, 0.5) is 5.69 Å². The maximum absolute atomic E-state index is 12.2. The molecule has 2 rings (SSSR count). The van der Waals surface area contributed by atoms with E-state index in [1.807, 2.05) is 63.4 Å². The number of aryl methyl sites for hydroxylation is 2. The first-order valence-electron chi connectivity index (χ1n) is 6.72. The van der Waals surface area contributed by atoms with Crippen molar-refractivity contribution in [2.24, 2.45) is 0 Å². The molecule has 0 unspecified atom stereocenters. The van der Waals surface area contributed by atoms with Gasteiger partial charge in [-0.1, -0.05) is 29.8 Å². The lowest BCUT2D eigenvalue weighted by molar-refractivity contribution is 0.102. The zero-order chi connectivity index (χ0) is 14.5. The van der Waals surface area contributed by atoms with Gasteiger partial charge in [0.1, 0.15) is 0 Å². The van der Waals surface area contributed by atoms with E-state index in [4.69, 9.17) is 0 Å². The molecule has 2 aromatic carbocycles. The van der Waals surface area contributed by atoms with E-state index in [-0.39, 0.29) is 5.91 Å². The van der Waals surface area contributed by atoms with E-state index in [1.54, 1.807) is 0 Å². The average molecular weight is 268 g/mol. The maximum atomic E-state index is 12.2. The Hall–Kier alpha value is -2.13. The second kappa shape index (κ2) is 6.35. The van der Waals surface area contributed by atoms with Gasteiger partial charge in [0, 0.05) is 17.8 Å². The summed E-state index contributed by atoms with van der Waals surface area (Å²) in [4.78, 5) is 12.2. The van der Waals surface area contributed by atoms with Crippen molar-refractivity contribution in [2.75, 3.05) is 12.4 Å². The maximum Gasteiger partial charge on any atom is 0.255 e. The summed E-state index contributed by atoms with van der Waals surface area (Å²) in [6.07, 6.45) is 0. The van der Waals surface area contributed by atoms with Gasteiger partial charge in [-0.15, -0.1) is 0 Å². The molecule has 0 aliphatic carbocycles. The summed E-state index contributed by atoms with van der Waals surface area (Å²) in [6, 6.07) is 13.7. The Bertz CT molecular complexity index is 603. The van der Waals surface area contributed by atoms with Crippen molar-refractivity contribution in [1.29, 1.82) is 0 Å². The summed E-state index contributed by atoms with van der Waals surface area (Å²) >= 11 is 0. The molecule has 3 nitrogen and oxygen atoms in total. The van der Waals surface area contributed by atoms with Crippen LogP contribution in [0.3, 0.4) is 0 Å². The second-order valence-electron chi connectivity index (χ2n) is 5.00. The topological polar surface area (TPSA) is 41.1 Å². The molecule has 0 atom stereocenters. The second-order valence-corrected chi connectivity index (χ2v) is 5.00. The standard InChI is InChI=1S/C17H20N2O/c1-12-4-9-16(13(2)10-12)17(20)19-15-7-5-14(6-8-15)11-18-3/h4-10,18H,11H2,1-3H3,(H,19,20). The molecule has 0 spiro atoms. The van der Waals surface area contributed by atoms with Crippen molar-refractivity contribution in [3.8, 4) is 0 Å². The molecular formula is C17H20N2O. The van der Waals surface area contributed by atoms with Gasteiger partial charge in [-0.25, -0.2) is 0 Å². The highest BCUT2D eigenvalue weighted by molar-refractivity contribution is 6.05. The summed E-state index contributed by atoms with van der Waals surface area (Å²) in [5.74, 6) is -0.0659. The molecule has 2 N–H and O–H groups in total. The summed E-state index contributed by atoms with van der Waals surface area (Å²) in [6.45, 7) is 4.80. The number of benzene rings is 2. The Balaban J connectivity index is 2.11. The van der Waals surface area contributed by atoms with Gasteiger partial charge < -0.3 is 10.6 Å². The monoisotopic (exact) mass is 268 g/mol. The smallest absolute Gasteiger partial charge is 0.255 e. The van der Waals surface area contributed by atoms with E-state index in [1.165, 1.54) is 5.56 Å². The van der Waals surface area contributed by atoms with Crippen LogP contribution in [-0.2, 0) is 6.54 Å². The Morgan fingerprint density at radius 2 is 1.75 bits per heavy atom. The third-order valence-corrected chi connectivity index (χ3v) is 3.22. The highest BCUT2D eigenvalue weighted by Crippen LogP contribution is 2.14. The van der Waals surface area contributed by atoms with Crippen LogP contribution in [0.5, 0.6) is 0 Å². The zero-order valence-electron chi connectivity index (χ0n) is 12.2. The van der Waals surface area contributed by atoms with Crippen molar-refractivity contribution in [3.05, 3.63) is 64.7 Å². The van der Waals surface area contributed by atoms with Crippen molar-refractivity contribution in [2.45, 2.75) is 20.4 Å². The molecule has 0 bridgehead atoms. The van der Waals surface area contributed by atoms with Gasteiger partial charge in [0.25, 0.3) is 5.91 Å². The minimum absolute atomic E-state index is 0.0659. The highest BCUT2D eigenvalue weighted by Gasteiger charge is 2.09. The summed E-state index contributed by atoms with van der Waals surface area (Å²) < 4.78 is 0. The first kappa shape index (κ1) is 14.3. The summed E-state index contributed by atoms with van der Waals surface area (Å²) in [7, 11) is 1.91. The van der Waals surface area contributed by atoms with E-state index < -0.39 is 0 Å². The first-order valence-corrected chi connectivity index (χ1v) is 6.72. The molecule has 0 saturated carbocycles. The van der Waals surface area contributed by atoms with E-state index in [0.29, 0.717) is 0 Å². The molecule has 3 heteroatoms. The van der Waals surface area contributed by atoms with E-state index in [0.717, 1.165) is 28.9 Å². The van der Waals surface area contributed by atoms with Gasteiger partial charge in [-0.05, 0) is 50.2 Å². The van der Waals surface area contributed by atoms with Crippen LogP contribution in [0, 0.1) is 13.8 Å². The number of carbonyl (C=O) groups excluding carboxylic acids is 1. The van der Waals surface area contributed by atoms with Crippen molar-refractivity contribution < 1.29 is 4.79 Å². The van der Waals surface area contributed by atoms with Crippen LogP contribution in [0.2, 0.25) is 0 Å². The quantitative estimate of drug-likeness (QED) is 0.893. The summed E-state index contributed by atoms with van der Waals surface area (Å²) in [5.41, 5.74) is 4.88. The van der Waals surface area contributed by atoms with Gasteiger partial charge in [0.2, 0.25) is 0 Å². The van der Waals surface area contributed by atoms with Gasteiger partial charge in [-0.3, -0.25) is 4.79 Å². The zero-order valence-corrected chi connectivity index (χ0v) is 12.2. The third-order valence-electron chi connectivity index (χ3n) is 3.22. The fourth-order valence-corrected chi connectivity index (χ4v) is 2.18. The third kappa shape index (κ3) is 3.45. The lowest BCUT2D eigenvalue weighted by Gasteiger charge is -2.09.